The number of carboxylic acid groups (broad SMARTS) is 1. The van der Waals surface area contributed by atoms with Crippen molar-refractivity contribution in [1.29, 1.82) is 0 Å². The van der Waals surface area contributed by atoms with Crippen LogP contribution in [0.2, 0.25) is 0 Å². The zero-order valence-corrected chi connectivity index (χ0v) is 10.9. The van der Waals surface area contributed by atoms with Gasteiger partial charge in [0, 0.05) is 9.58 Å². The number of hydrogen-bond acceptors (Lipinski definition) is 2. The molecule has 1 heterocycles. The fourth-order valence-corrected chi connectivity index (χ4v) is 3.26. The van der Waals surface area contributed by atoms with Gasteiger partial charge in [-0.05, 0) is 35.4 Å². The van der Waals surface area contributed by atoms with Crippen LogP contribution in [0.25, 0.3) is 10.1 Å². The van der Waals surface area contributed by atoms with Crippen molar-refractivity contribution in [3.05, 3.63) is 34.7 Å². The van der Waals surface area contributed by atoms with Crippen LogP contribution >= 0.6 is 11.3 Å². The quantitative estimate of drug-likeness (QED) is 0.895. The van der Waals surface area contributed by atoms with Gasteiger partial charge in [0.2, 0.25) is 0 Å². The Hall–Kier alpha value is -1.35. The maximum atomic E-state index is 10.7. The van der Waals surface area contributed by atoms with E-state index >= 15 is 0 Å². The van der Waals surface area contributed by atoms with E-state index in [1.165, 1.54) is 15.0 Å². The molecule has 2 nitrogen and oxygen atoms in total. The third-order valence-electron chi connectivity index (χ3n) is 2.60. The zero-order chi connectivity index (χ0) is 12.4. The van der Waals surface area contributed by atoms with E-state index in [0.717, 1.165) is 12.0 Å². The van der Waals surface area contributed by atoms with Crippen molar-refractivity contribution in [3.63, 3.8) is 0 Å². The number of thiophene rings is 1. The molecule has 0 unspecified atom stereocenters. The highest BCUT2D eigenvalue weighted by molar-refractivity contribution is 7.19. The van der Waals surface area contributed by atoms with Crippen molar-refractivity contribution in [2.75, 3.05) is 0 Å². The van der Waals surface area contributed by atoms with Crippen LogP contribution in [0, 0.1) is 5.92 Å². The summed E-state index contributed by atoms with van der Waals surface area (Å²) in [5, 5.41) is 9.99. The van der Waals surface area contributed by atoms with Crippen LogP contribution in [0.3, 0.4) is 0 Å². The molecular formula is C14H16O2S. The van der Waals surface area contributed by atoms with Gasteiger partial charge in [-0.25, -0.2) is 0 Å². The Bertz CT molecular complexity index is 540. The molecule has 2 aromatic rings. The van der Waals surface area contributed by atoms with Gasteiger partial charge >= 0.3 is 5.97 Å². The largest absolute Gasteiger partial charge is 0.481 e. The fourth-order valence-electron chi connectivity index (χ4n) is 1.92. The minimum atomic E-state index is -0.775. The van der Waals surface area contributed by atoms with Gasteiger partial charge in [-0.2, -0.15) is 0 Å². The predicted molar refractivity (Wildman–Crippen MR) is 71.7 cm³/mol. The molecule has 1 aromatic heterocycles. The van der Waals surface area contributed by atoms with Crippen molar-refractivity contribution in [2.45, 2.75) is 26.7 Å². The first kappa shape index (κ1) is 12.1. The molecule has 0 saturated carbocycles. The topological polar surface area (TPSA) is 37.3 Å². The van der Waals surface area contributed by atoms with Gasteiger partial charge < -0.3 is 5.11 Å². The number of fused-ring (bicyclic) bond motifs is 1. The predicted octanol–water partition coefficient (Wildman–Crippen LogP) is 3.73. The molecule has 0 saturated heterocycles. The Kier molecular flexibility index (Phi) is 3.48. The second kappa shape index (κ2) is 4.88. The molecule has 90 valence electrons. The number of carboxylic acids is 1. The lowest BCUT2D eigenvalue weighted by Gasteiger charge is -1.98. The molecule has 0 aliphatic rings. The van der Waals surface area contributed by atoms with Gasteiger partial charge in [-0.1, -0.05) is 26.0 Å². The molecule has 1 aromatic carbocycles. The number of rotatable bonds is 4. The van der Waals surface area contributed by atoms with E-state index in [2.05, 4.69) is 19.9 Å². The van der Waals surface area contributed by atoms with Crippen molar-refractivity contribution in [1.82, 2.24) is 0 Å². The number of carbonyl (C=O) groups is 1. The van der Waals surface area contributed by atoms with Crippen LogP contribution in [-0.2, 0) is 17.6 Å². The molecule has 1 N–H and O–H groups in total. The second-order valence-electron chi connectivity index (χ2n) is 4.75. The van der Waals surface area contributed by atoms with Crippen molar-refractivity contribution in [3.8, 4) is 0 Å². The summed E-state index contributed by atoms with van der Waals surface area (Å²) in [6, 6.07) is 8.14. The molecule has 0 fully saturated rings. The molecule has 0 spiro atoms. The summed E-state index contributed by atoms with van der Waals surface area (Å²) in [5.41, 5.74) is 0.878. The highest BCUT2D eigenvalue weighted by atomic mass is 32.1. The van der Waals surface area contributed by atoms with Crippen molar-refractivity contribution < 1.29 is 9.90 Å². The summed E-state index contributed by atoms with van der Waals surface area (Å²) >= 11 is 1.77. The van der Waals surface area contributed by atoms with Crippen molar-refractivity contribution >= 4 is 27.4 Å². The van der Waals surface area contributed by atoms with E-state index in [1.54, 1.807) is 11.3 Å². The lowest BCUT2D eigenvalue weighted by atomic mass is 10.1. The number of benzene rings is 1. The lowest BCUT2D eigenvalue weighted by Crippen LogP contribution is -1.99. The minimum Gasteiger partial charge on any atom is -0.481 e. The molecule has 0 aliphatic carbocycles. The maximum Gasteiger partial charge on any atom is 0.307 e. The first-order valence-electron chi connectivity index (χ1n) is 5.77. The first-order valence-corrected chi connectivity index (χ1v) is 6.59. The molecular weight excluding hydrogens is 232 g/mol. The van der Waals surface area contributed by atoms with Gasteiger partial charge in [-0.15, -0.1) is 11.3 Å². The Morgan fingerprint density at radius 1 is 1.35 bits per heavy atom. The van der Waals surface area contributed by atoms with E-state index in [1.807, 2.05) is 18.2 Å². The molecule has 0 amide bonds. The van der Waals surface area contributed by atoms with Gasteiger partial charge in [-0.3, -0.25) is 4.79 Å². The van der Waals surface area contributed by atoms with Crippen LogP contribution in [0.4, 0.5) is 0 Å². The third-order valence-corrected chi connectivity index (χ3v) is 3.72. The Morgan fingerprint density at radius 2 is 2.12 bits per heavy atom. The number of aliphatic carboxylic acids is 1. The molecule has 0 bridgehead atoms. The van der Waals surface area contributed by atoms with Crippen LogP contribution < -0.4 is 0 Å². The van der Waals surface area contributed by atoms with Crippen LogP contribution in [0.5, 0.6) is 0 Å². The molecule has 3 heteroatoms. The normalized spacial score (nSPS) is 11.2. The van der Waals surface area contributed by atoms with Crippen LogP contribution in [-0.4, -0.2) is 11.1 Å². The second-order valence-corrected chi connectivity index (χ2v) is 5.92. The van der Waals surface area contributed by atoms with Gasteiger partial charge in [0.1, 0.15) is 0 Å². The summed E-state index contributed by atoms with van der Waals surface area (Å²) in [6.45, 7) is 4.42. The highest BCUT2D eigenvalue weighted by Gasteiger charge is 2.06. The van der Waals surface area contributed by atoms with Crippen LogP contribution in [0.1, 0.15) is 24.3 Å². The summed E-state index contributed by atoms with van der Waals surface area (Å²) in [4.78, 5) is 12.0. The monoisotopic (exact) mass is 248 g/mol. The van der Waals surface area contributed by atoms with Gasteiger partial charge in [0.15, 0.2) is 0 Å². The maximum absolute atomic E-state index is 10.7. The van der Waals surface area contributed by atoms with E-state index < -0.39 is 5.97 Å². The van der Waals surface area contributed by atoms with E-state index in [9.17, 15) is 4.79 Å². The molecule has 0 radical (unpaired) electrons. The van der Waals surface area contributed by atoms with E-state index in [0.29, 0.717) is 5.92 Å². The van der Waals surface area contributed by atoms with Gasteiger partial charge in [0.25, 0.3) is 0 Å². The summed E-state index contributed by atoms with van der Waals surface area (Å²) in [6.07, 6.45) is 1.20. The Morgan fingerprint density at radius 3 is 2.76 bits per heavy atom. The number of hydrogen-bond donors (Lipinski definition) is 1. The molecule has 0 atom stereocenters. The van der Waals surface area contributed by atoms with Gasteiger partial charge in [0.05, 0.1) is 6.42 Å². The summed E-state index contributed by atoms with van der Waals surface area (Å²) in [7, 11) is 0. The summed E-state index contributed by atoms with van der Waals surface area (Å²) < 4.78 is 1.19. The SMILES string of the molecule is CC(C)Cc1cc2ccc(CC(=O)O)cc2s1. The van der Waals surface area contributed by atoms with E-state index in [4.69, 9.17) is 5.11 Å². The Balaban J connectivity index is 2.30. The minimum absolute atomic E-state index is 0.105. The standard InChI is InChI=1S/C14H16O2S/c1-9(2)5-12-8-11-4-3-10(7-14(15)16)6-13(11)17-12/h3-4,6,8-9H,5,7H2,1-2H3,(H,15,16). The average molecular weight is 248 g/mol. The highest BCUT2D eigenvalue weighted by Crippen LogP contribution is 2.28. The fraction of sp³-hybridized carbons (Fsp3) is 0.357. The van der Waals surface area contributed by atoms with E-state index in [-0.39, 0.29) is 6.42 Å². The summed E-state index contributed by atoms with van der Waals surface area (Å²) in [5.74, 6) is -0.120. The third kappa shape index (κ3) is 3.07. The first-order chi connectivity index (χ1) is 8.04. The average Bonchev–Trinajstić information content (AvgIpc) is 2.56. The lowest BCUT2D eigenvalue weighted by molar-refractivity contribution is -0.136. The molecule has 0 aliphatic heterocycles. The zero-order valence-electron chi connectivity index (χ0n) is 10.1. The smallest absolute Gasteiger partial charge is 0.307 e. The van der Waals surface area contributed by atoms with Crippen LogP contribution in [0.15, 0.2) is 24.3 Å². The molecule has 17 heavy (non-hydrogen) atoms. The molecule has 2 rings (SSSR count). The Labute approximate surface area is 105 Å². The van der Waals surface area contributed by atoms with Crippen molar-refractivity contribution in [2.24, 2.45) is 5.92 Å².